The Morgan fingerprint density at radius 1 is 1.15 bits per heavy atom. The van der Waals surface area contributed by atoms with Crippen LogP contribution in [0.2, 0.25) is 0 Å². The third-order valence-corrected chi connectivity index (χ3v) is 1.94. The fourth-order valence-corrected chi connectivity index (χ4v) is 1.51. The maximum Gasteiger partial charge on any atom is 0.0443 e. The highest BCUT2D eigenvalue weighted by Gasteiger charge is 2.07. The molecule has 0 aliphatic carbocycles. The maximum absolute atomic E-state index is 6.15. The van der Waals surface area contributed by atoms with E-state index in [2.05, 4.69) is 26.8 Å². The summed E-state index contributed by atoms with van der Waals surface area (Å²) in [7, 11) is 0. The molecule has 0 heterocycles. The van der Waals surface area contributed by atoms with Crippen molar-refractivity contribution in [3.63, 3.8) is 0 Å². The zero-order valence-electron chi connectivity index (χ0n) is 8.34. The Labute approximate surface area is 85.2 Å². The number of hydrogen-bond acceptors (Lipinski definition) is 0. The smallest absolute Gasteiger partial charge is 0.0443 e. The zero-order chi connectivity index (χ0) is 9.90. The molecule has 0 unspecified atom stereocenters. The third-order valence-electron chi connectivity index (χ3n) is 1.61. The molecule has 1 aromatic carbocycles. The Morgan fingerprint density at radius 2 is 1.69 bits per heavy atom. The Bertz CT molecular complexity index is 291. The van der Waals surface area contributed by atoms with Gasteiger partial charge < -0.3 is 0 Å². The van der Waals surface area contributed by atoms with Crippen molar-refractivity contribution in [3.8, 4) is 0 Å². The van der Waals surface area contributed by atoms with Crippen molar-refractivity contribution in [2.45, 2.75) is 20.8 Å². The van der Waals surface area contributed by atoms with Gasteiger partial charge in [0.05, 0.1) is 0 Å². The number of halogens is 1. The van der Waals surface area contributed by atoms with Crippen LogP contribution in [0.5, 0.6) is 0 Å². The minimum atomic E-state index is 0.132. The van der Waals surface area contributed by atoms with E-state index >= 15 is 0 Å². The summed E-state index contributed by atoms with van der Waals surface area (Å²) in [6.45, 7) is 6.41. The number of hydrogen-bond donors (Lipinski definition) is 0. The summed E-state index contributed by atoms with van der Waals surface area (Å²) in [6, 6.07) is 10.0. The molecule has 0 amide bonds. The molecule has 1 rings (SSSR count). The van der Waals surface area contributed by atoms with Gasteiger partial charge in [-0.25, -0.2) is 0 Å². The fraction of sp³-hybridized carbons (Fsp3) is 0.333. The number of benzene rings is 1. The standard InChI is InChI=1S/C12H15Cl/c1-12(2,3)9-11(13)10-7-5-4-6-8-10/h4-9H,1-3H3. The molecule has 13 heavy (non-hydrogen) atoms. The summed E-state index contributed by atoms with van der Waals surface area (Å²) < 4.78 is 0. The van der Waals surface area contributed by atoms with E-state index < -0.39 is 0 Å². The van der Waals surface area contributed by atoms with Gasteiger partial charge in [0.15, 0.2) is 0 Å². The van der Waals surface area contributed by atoms with Crippen LogP contribution in [0.3, 0.4) is 0 Å². The molecule has 0 fully saturated rings. The van der Waals surface area contributed by atoms with E-state index in [9.17, 15) is 0 Å². The molecule has 0 aliphatic rings. The van der Waals surface area contributed by atoms with Crippen LogP contribution in [-0.4, -0.2) is 0 Å². The highest BCUT2D eigenvalue weighted by Crippen LogP contribution is 2.26. The summed E-state index contributed by atoms with van der Waals surface area (Å²) in [5.41, 5.74) is 1.21. The molecule has 0 saturated heterocycles. The Hall–Kier alpha value is -0.750. The van der Waals surface area contributed by atoms with Crippen molar-refractivity contribution >= 4 is 16.6 Å². The van der Waals surface area contributed by atoms with Crippen LogP contribution < -0.4 is 0 Å². The molecule has 0 radical (unpaired) electrons. The molecule has 70 valence electrons. The molecule has 1 heteroatoms. The first kappa shape index (κ1) is 10.3. The molecule has 0 atom stereocenters. The van der Waals surface area contributed by atoms with E-state index in [4.69, 9.17) is 11.6 Å². The summed E-state index contributed by atoms with van der Waals surface area (Å²) in [5.74, 6) is 0. The first-order chi connectivity index (χ1) is 5.99. The third kappa shape index (κ3) is 3.65. The van der Waals surface area contributed by atoms with Gasteiger partial charge in [-0.2, -0.15) is 0 Å². The predicted octanol–water partition coefficient (Wildman–Crippen LogP) is 4.31. The van der Waals surface area contributed by atoms with Crippen molar-refractivity contribution in [3.05, 3.63) is 42.0 Å². The first-order valence-electron chi connectivity index (χ1n) is 4.43. The summed E-state index contributed by atoms with van der Waals surface area (Å²) in [4.78, 5) is 0. The van der Waals surface area contributed by atoms with Gasteiger partial charge in [0.25, 0.3) is 0 Å². The molecule has 0 saturated carbocycles. The Balaban J connectivity index is 2.92. The monoisotopic (exact) mass is 194 g/mol. The van der Waals surface area contributed by atoms with Crippen molar-refractivity contribution in [1.82, 2.24) is 0 Å². The summed E-state index contributed by atoms with van der Waals surface area (Å²) >= 11 is 6.15. The topological polar surface area (TPSA) is 0 Å². The highest BCUT2D eigenvalue weighted by atomic mass is 35.5. The second kappa shape index (κ2) is 3.97. The van der Waals surface area contributed by atoms with E-state index in [1.54, 1.807) is 0 Å². The van der Waals surface area contributed by atoms with E-state index in [-0.39, 0.29) is 5.41 Å². The van der Waals surface area contributed by atoms with Gasteiger partial charge >= 0.3 is 0 Å². The highest BCUT2D eigenvalue weighted by molar-refractivity contribution is 6.48. The minimum absolute atomic E-state index is 0.132. The summed E-state index contributed by atoms with van der Waals surface area (Å²) in [6.07, 6.45) is 2.07. The average molecular weight is 195 g/mol. The van der Waals surface area contributed by atoms with Gasteiger partial charge in [-0.05, 0) is 11.0 Å². The molecular weight excluding hydrogens is 180 g/mol. The van der Waals surface area contributed by atoms with Gasteiger partial charge in [0, 0.05) is 5.03 Å². The number of allylic oxidation sites excluding steroid dienone is 1. The molecule has 0 aromatic heterocycles. The SMILES string of the molecule is CC(C)(C)C=C(Cl)c1ccccc1. The van der Waals surface area contributed by atoms with Crippen molar-refractivity contribution in [1.29, 1.82) is 0 Å². The molecule has 0 bridgehead atoms. The average Bonchev–Trinajstić information content (AvgIpc) is 2.03. The van der Waals surface area contributed by atoms with E-state index in [0.29, 0.717) is 0 Å². The zero-order valence-corrected chi connectivity index (χ0v) is 9.10. The van der Waals surface area contributed by atoms with Crippen LogP contribution in [0.4, 0.5) is 0 Å². The Kier molecular flexibility index (Phi) is 3.16. The van der Waals surface area contributed by atoms with Gasteiger partial charge in [-0.1, -0.05) is 68.8 Å². The van der Waals surface area contributed by atoms with Gasteiger partial charge in [0.1, 0.15) is 0 Å². The second-order valence-corrected chi connectivity index (χ2v) is 4.63. The normalized spacial score (nSPS) is 13.1. The van der Waals surface area contributed by atoms with E-state index in [1.807, 2.05) is 30.3 Å². The molecule has 1 aromatic rings. The van der Waals surface area contributed by atoms with Crippen molar-refractivity contribution in [2.24, 2.45) is 5.41 Å². The lowest BCUT2D eigenvalue weighted by Crippen LogP contribution is -1.99. The van der Waals surface area contributed by atoms with Crippen LogP contribution in [0, 0.1) is 5.41 Å². The van der Waals surface area contributed by atoms with Crippen LogP contribution in [0.15, 0.2) is 36.4 Å². The van der Waals surface area contributed by atoms with Gasteiger partial charge in [-0.3, -0.25) is 0 Å². The maximum atomic E-state index is 6.15. The molecule has 0 aliphatic heterocycles. The quantitative estimate of drug-likeness (QED) is 0.625. The Morgan fingerprint density at radius 3 is 2.15 bits per heavy atom. The van der Waals surface area contributed by atoms with Crippen LogP contribution in [-0.2, 0) is 0 Å². The van der Waals surface area contributed by atoms with Crippen LogP contribution in [0.25, 0.3) is 5.03 Å². The molecule has 0 N–H and O–H groups in total. The lowest BCUT2D eigenvalue weighted by atomic mass is 9.95. The second-order valence-electron chi connectivity index (χ2n) is 4.22. The lowest BCUT2D eigenvalue weighted by molar-refractivity contribution is 0.546. The molecular formula is C12H15Cl. The van der Waals surface area contributed by atoms with Crippen LogP contribution in [0.1, 0.15) is 26.3 Å². The lowest BCUT2D eigenvalue weighted by Gasteiger charge is -2.13. The van der Waals surface area contributed by atoms with E-state index in [1.165, 1.54) is 0 Å². The fourth-order valence-electron chi connectivity index (χ4n) is 1.06. The van der Waals surface area contributed by atoms with Gasteiger partial charge in [-0.15, -0.1) is 0 Å². The van der Waals surface area contributed by atoms with Crippen molar-refractivity contribution < 1.29 is 0 Å². The van der Waals surface area contributed by atoms with Crippen molar-refractivity contribution in [2.75, 3.05) is 0 Å². The summed E-state index contributed by atoms with van der Waals surface area (Å²) in [5, 5.41) is 0.827. The van der Waals surface area contributed by atoms with Crippen LogP contribution >= 0.6 is 11.6 Å². The van der Waals surface area contributed by atoms with Gasteiger partial charge in [0.2, 0.25) is 0 Å². The molecule has 0 spiro atoms. The molecule has 0 nitrogen and oxygen atoms in total. The predicted molar refractivity (Wildman–Crippen MR) is 59.7 cm³/mol. The minimum Gasteiger partial charge on any atom is -0.0840 e. The largest absolute Gasteiger partial charge is 0.0840 e. The van der Waals surface area contributed by atoms with E-state index in [0.717, 1.165) is 10.6 Å². The number of rotatable bonds is 1. The first-order valence-corrected chi connectivity index (χ1v) is 4.80.